The Kier molecular flexibility index (Phi) is 4.02. The summed E-state index contributed by atoms with van der Waals surface area (Å²) in [6.45, 7) is 0. The highest BCUT2D eigenvalue weighted by Crippen LogP contribution is 2.27. The molecule has 0 fully saturated rings. The molecule has 2 rings (SSSR count). The number of hydrogen-bond acceptors (Lipinski definition) is 3. The second-order valence-corrected chi connectivity index (χ2v) is 4.93. The number of rotatable bonds is 3. The van der Waals surface area contributed by atoms with E-state index in [9.17, 15) is 4.79 Å². The summed E-state index contributed by atoms with van der Waals surface area (Å²) >= 11 is 2.04. The molecule has 0 radical (unpaired) electrons. The monoisotopic (exact) mass is 365 g/mol. The van der Waals surface area contributed by atoms with Crippen LogP contribution in [0.1, 0.15) is 15.9 Å². The van der Waals surface area contributed by atoms with Crippen molar-refractivity contribution in [2.45, 2.75) is 0 Å². The Morgan fingerprint density at radius 2 is 1.89 bits per heavy atom. The maximum atomic E-state index is 11.1. The summed E-state index contributed by atoms with van der Waals surface area (Å²) < 4.78 is 6.35. The molecular weight excluding hydrogens is 357 g/mol. The Balaban J connectivity index is 2.32. The molecule has 5 heteroatoms. The van der Waals surface area contributed by atoms with Crippen molar-refractivity contribution >= 4 is 28.6 Å². The molecule has 0 atom stereocenters. The topological polar surface area (TPSA) is 70.3 Å². The second-order valence-electron chi connectivity index (χ2n) is 3.68. The van der Waals surface area contributed by atoms with Gasteiger partial charge in [-0.15, -0.1) is 0 Å². The van der Waals surface area contributed by atoms with Crippen molar-refractivity contribution in [1.82, 2.24) is 0 Å². The summed E-state index contributed by atoms with van der Waals surface area (Å²) in [7, 11) is 0. The Morgan fingerprint density at radius 3 is 2.47 bits per heavy atom. The number of ether oxygens (including phenoxy) is 1. The average molecular weight is 365 g/mol. The molecule has 0 bridgehead atoms. The van der Waals surface area contributed by atoms with Gasteiger partial charge in [-0.3, -0.25) is 0 Å². The van der Waals surface area contributed by atoms with E-state index in [-0.39, 0.29) is 11.3 Å². The molecule has 0 heterocycles. The van der Waals surface area contributed by atoms with Crippen LogP contribution in [0.15, 0.2) is 42.5 Å². The third-order valence-corrected chi connectivity index (χ3v) is 3.05. The van der Waals surface area contributed by atoms with Gasteiger partial charge in [-0.05, 0) is 65.1 Å². The van der Waals surface area contributed by atoms with E-state index in [0.717, 1.165) is 3.57 Å². The number of hydrogen-bond donors (Lipinski definition) is 1. The third-order valence-electron chi connectivity index (χ3n) is 2.38. The number of carboxylic acids is 1. The standard InChI is InChI=1S/C14H8INO3/c15-10-3-6-13(12(7-10)14(17)18)19-11-4-1-9(8-16)2-5-11/h1-7H,(H,17,18). The summed E-state index contributed by atoms with van der Waals surface area (Å²) in [5, 5.41) is 17.8. The highest BCUT2D eigenvalue weighted by atomic mass is 127. The molecule has 0 spiro atoms. The molecule has 0 unspecified atom stereocenters. The van der Waals surface area contributed by atoms with Crippen LogP contribution in [-0.4, -0.2) is 11.1 Å². The van der Waals surface area contributed by atoms with Gasteiger partial charge in [-0.2, -0.15) is 5.26 Å². The summed E-state index contributed by atoms with van der Waals surface area (Å²) in [6.07, 6.45) is 0. The van der Waals surface area contributed by atoms with Gasteiger partial charge in [-0.1, -0.05) is 0 Å². The van der Waals surface area contributed by atoms with E-state index in [1.807, 2.05) is 28.7 Å². The lowest BCUT2D eigenvalue weighted by Crippen LogP contribution is -2.00. The maximum Gasteiger partial charge on any atom is 0.339 e. The van der Waals surface area contributed by atoms with Crippen molar-refractivity contribution in [1.29, 1.82) is 5.26 Å². The van der Waals surface area contributed by atoms with Gasteiger partial charge in [0.15, 0.2) is 0 Å². The molecule has 19 heavy (non-hydrogen) atoms. The van der Waals surface area contributed by atoms with Crippen molar-refractivity contribution in [2.24, 2.45) is 0 Å². The van der Waals surface area contributed by atoms with Crippen molar-refractivity contribution in [3.05, 3.63) is 57.2 Å². The molecule has 4 nitrogen and oxygen atoms in total. The van der Waals surface area contributed by atoms with Gasteiger partial charge in [0.1, 0.15) is 17.1 Å². The zero-order chi connectivity index (χ0) is 13.8. The minimum Gasteiger partial charge on any atom is -0.478 e. The van der Waals surface area contributed by atoms with Crippen LogP contribution in [0.5, 0.6) is 11.5 Å². The Labute approximate surface area is 123 Å². The van der Waals surface area contributed by atoms with Crippen LogP contribution in [0.3, 0.4) is 0 Å². The van der Waals surface area contributed by atoms with Crippen molar-refractivity contribution in [3.8, 4) is 17.6 Å². The molecule has 0 saturated heterocycles. The Morgan fingerprint density at radius 1 is 1.21 bits per heavy atom. The highest BCUT2D eigenvalue weighted by Gasteiger charge is 2.12. The van der Waals surface area contributed by atoms with E-state index in [4.69, 9.17) is 15.1 Å². The minimum absolute atomic E-state index is 0.108. The summed E-state index contributed by atoms with van der Waals surface area (Å²) in [5.74, 6) is -0.275. The zero-order valence-corrected chi connectivity index (χ0v) is 11.8. The first-order valence-corrected chi connectivity index (χ1v) is 6.39. The molecule has 0 amide bonds. The van der Waals surface area contributed by atoms with Crippen LogP contribution < -0.4 is 4.74 Å². The first kappa shape index (κ1) is 13.4. The number of benzene rings is 2. The fourth-order valence-electron chi connectivity index (χ4n) is 1.48. The van der Waals surface area contributed by atoms with Gasteiger partial charge >= 0.3 is 5.97 Å². The van der Waals surface area contributed by atoms with Crippen LogP contribution in [0.25, 0.3) is 0 Å². The molecule has 0 aliphatic carbocycles. The molecule has 2 aromatic carbocycles. The summed E-state index contributed by atoms with van der Waals surface area (Å²) in [4.78, 5) is 11.1. The number of carboxylic acid groups (broad SMARTS) is 1. The van der Waals surface area contributed by atoms with Crippen LogP contribution >= 0.6 is 22.6 Å². The van der Waals surface area contributed by atoms with E-state index in [2.05, 4.69) is 0 Å². The van der Waals surface area contributed by atoms with Gasteiger partial charge in [-0.25, -0.2) is 4.79 Å². The molecule has 2 aromatic rings. The first-order chi connectivity index (χ1) is 9.10. The van der Waals surface area contributed by atoms with Crippen LogP contribution in [0, 0.1) is 14.9 Å². The second kappa shape index (κ2) is 5.71. The highest BCUT2D eigenvalue weighted by molar-refractivity contribution is 14.1. The largest absolute Gasteiger partial charge is 0.478 e. The lowest BCUT2D eigenvalue weighted by atomic mass is 10.2. The van der Waals surface area contributed by atoms with E-state index < -0.39 is 5.97 Å². The fourth-order valence-corrected chi connectivity index (χ4v) is 1.97. The predicted octanol–water partition coefficient (Wildman–Crippen LogP) is 3.65. The Hall–Kier alpha value is -2.07. The lowest BCUT2D eigenvalue weighted by molar-refractivity contribution is 0.0694. The SMILES string of the molecule is N#Cc1ccc(Oc2ccc(I)cc2C(=O)O)cc1. The lowest BCUT2D eigenvalue weighted by Gasteiger charge is -2.09. The number of nitriles is 1. The Bertz CT molecular complexity index is 659. The van der Waals surface area contributed by atoms with E-state index in [1.54, 1.807) is 42.5 Å². The average Bonchev–Trinajstić information content (AvgIpc) is 2.41. The quantitative estimate of drug-likeness (QED) is 0.843. The predicted molar refractivity (Wildman–Crippen MR) is 77.3 cm³/mol. The molecule has 1 N–H and O–H groups in total. The van der Waals surface area contributed by atoms with Gasteiger partial charge in [0.25, 0.3) is 0 Å². The number of aromatic carboxylic acids is 1. The van der Waals surface area contributed by atoms with Crippen molar-refractivity contribution in [3.63, 3.8) is 0 Å². The van der Waals surface area contributed by atoms with Crippen LogP contribution in [-0.2, 0) is 0 Å². The summed E-state index contributed by atoms with van der Waals surface area (Å²) in [6, 6.07) is 13.4. The van der Waals surface area contributed by atoms with Crippen molar-refractivity contribution in [2.75, 3.05) is 0 Å². The van der Waals surface area contributed by atoms with Gasteiger partial charge in [0, 0.05) is 3.57 Å². The molecule has 0 aliphatic rings. The normalized spacial score (nSPS) is 9.68. The summed E-state index contributed by atoms with van der Waals surface area (Å²) in [5.41, 5.74) is 0.629. The van der Waals surface area contributed by atoms with Crippen LogP contribution in [0.4, 0.5) is 0 Å². The minimum atomic E-state index is -1.04. The van der Waals surface area contributed by atoms with Gasteiger partial charge in [0.05, 0.1) is 11.6 Å². The molecule has 0 aromatic heterocycles. The maximum absolute atomic E-state index is 11.1. The zero-order valence-electron chi connectivity index (χ0n) is 9.63. The van der Waals surface area contributed by atoms with E-state index in [0.29, 0.717) is 11.3 Å². The number of nitrogens with zero attached hydrogens (tertiary/aromatic N) is 1. The van der Waals surface area contributed by atoms with Gasteiger partial charge in [0.2, 0.25) is 0 Å². The number of halogens is 1. The van der Waals surface area contributed by atoms with E-state index in [1.165, 1.54) is 0 Å². The van der Waals surface area contributed by atoms with Crippen LogP contribution in [0.2, 0.25) is 0 Å². The first-order valence-electron chi connectivity index (χ1n) is 5.31. The molecule has 0 aliphatic heterocycles. The molecule has 94 valence electrons. The third kappa shape index (κ3) is 3.23. The molecular formula is C14H8INO3. The fraction of sp³-hybridized carbons (Fsp3) is 0. The smallest absolute Gasteiger partial charge is 0.339 e. The van der Waals surface area contributed by atoms with Gasteiger partial charge < -0.3 is 9.84 Å². The van der Waals surface area contributed by atoms with Crippen molar-refractivity contribution < 1.29 is 14.6 Å². The van der Waals surface area contributed by atoms with E-state index >= 15 is 0 Å². The molecule has 0 saturated carbocycles. The number of carbonyl (C=O) groups is 1.